The molecule has 1 aliphatic heterocycles. The van der Waals surface area contributed by atoms with Crippen molar-refractivity contribution < 1.29 is 19.1 Å². The van der Waals surface area contributed by atoms with Gasteiger partial charge in [0.2, 0.25) is 5.91 Å². The smallest absolute Gasteiger partial charge is 0.311 e. The van der Waals surface area contributed by atoms with Crippen LogP contribution in [0.3, 0.4) is 0 Å². The van der Waals surface area contributed by atoms with Crippen molar-refractivity contribution in [2.75, 3.05) is 23.4 Å². The Labute approximate surface area is 172 Å². The molecular formula is C21H18ClN3O4. The van der Waals surface area contributed by atoms with Gasteiger partial charge < -0.3 is 15.0 Å². The number of nitrogens with zero attached hydrogens (tertiary/aromatic N) is 2. The molecule has 1 atom stereocenters. The average Bonchev–Trinajstić information content (AvgIpc) is 3.08. The average molecular weight is 412 g/mol. The molecule has 0 radical (unpaired) electrons. The van der Waals surface area contributed by atoms with Gasteiger partial charge in [0.25, 0.3) is 5.91 Å². The Bertz CT molecular complexity index is 998. The Morgan fingerprint density at radius 2 is 2.00 bits per heavy atom. The summed E-state index contributed by atoms with van der Waals surface area (Å²) in [6.45, 7) is 1.69. The van der Waals surface area contributed by atoms with E-state index in [-0.39, 0.29) is 23.9 Å². The number of carbonyl (C=O) groups excluding carboxylic acids is 3. The van der Waals surface area contributed by atoms with Gasteiger partial charge in [-0.1, -0.05) is 29.3 Å². The van der Waals surface area contributed by atoms with E-state index in [0.29, 0.717) is 11.3 Å². The van der Waals surface area contributed by atoms with Crippen LogP contribution in [0, 0.1) is 24.2 Å². The molecule has 2 aromatic rings. The predicted octanol–water partition coefficient (Wildman–Crippen LogP) is 3.05. The Balaban J connectivity index is 1.52. The minimum Gasteiger partial charge on any atom is -0.455 e. The van der Waals surface area contributed by atoms with Crippen LogP contribution >= 0.6 is 11.6 Å². The number of hydrogen-bond acceptors (Lipinski definition) is 5. The van der Waals surface area contributed by atoms with Crippen LogP contribution in [0.5, 0.6) is 0 Å². The molecule has 1 unspecified atom stereocenters. The fourth-order valence-corrected chi connectivity index (χ4v) is 3.20. The van der Waals surface area contributed by atoms with Crippen LogP contribution in [-0.4, -0.2) is 30.9 Å². The minimum absolute atomic E-state index is 0.0412. The first-order valence-corrected chi connectivity index (χ1v) is 9.28. The van der Waals surface area contributed by atoms with E-state index < -0.39 is 24.4 Å². The molecule has 0 aromatic heterocycles. The van der Waals surface area contributed by atoms with Crippen LogP contribution in [0.15, 0.2) is 42.5 Å². The van der Waals surface area contributed by atoms with Crippen LogP contribution in [0.4, 0.5) is 11.4 Å². The van der Waals surface area contributed by atoms with E-state index in [1.54, 1.807) is 4.90 Å². The van der Waals surface area contributed by atoms with Gasteiger partial charge in [-0.3, -0.25) is 14.4 Å². The number of hydrogen-bond donors (Lipinski definition) is 1. The van der Waals surface area contributed by atoms with Crippen LogP contribution in [-0.2, 0) is 19.1 Å². The second-order valence-corrected chi connectivity index (χ2v) is 7.11. The predicted molar refractivity (Wildman–Crippen MR) is 107 cm³/mol. The van der Waals surface area contributed by atoms with E-state index in [9.17, 15) is 14.4 Å². The summed E-state index contributed by atoms with van der Waals surface area (Å²) in [6, 6.07) is 13.8. The highest BCUT2D eigenvalue weighted by Crippen LogP contribution is 2.26. The number of benzene rings is 2. The Morgan fingerprint density at radius 1 is 1.28 bits per heavy atom. The van der Waals surface area contributed by atoms with Gasteiger partial charge in [0.05, 0.1) is 16.5 Å². The molecular weight excluding hydrogens is 394 g/mol. The molecule has 2 aromatic carbocycles. The van der Waals surface area contributed by atoms with Gasteiger partial charge in [-0.15, -0.1) is 0 Å². The lowest BCUT2D eigenvalue weighted by atomic mass is 10.1. The van der Waals surface area contributed by atoms with E-state index >= 15 is 0 Å². The highest BCUT2D eigenvalue weighted by molar-refractivity contribution is 6.32. The standard InChI is InChI=1S/C21H18ClN3O4/c1-13-2-6-17(7-3-13)25-11-15(8-20(25)27)21(28)29-12-19(26)24-16-5-4-14(10-23)18(22)9-16/h2-7,9,15H,8,11-12H2,1H3,(H,24,26). The first kappa shape index (κ1) is 20.4. The van der Waals surface area contributed by atoms with Gasteiger partial charge in [0.15, 0.2) is 6.61 Å². The number of aryl methyl sites for hydroxylation is 1. The molecule has 0 aliphatic carbocycles. The maximum atomic E-state index is 12.3. The number of ether oxygens (including phenoxy) is 1. The maximum absolute atomic E-state index is 12.3. The van der Waals surface area contributed by atoms with Crippen molar-refractivity contribution in [3.8, 4) is 6.07 Å². The zero-order valence-corrected chi connectivity index (χ0v) is 16.4. The third-order valence-corrected chi connectivity index (χ3v) is 4.84. The number of anilines is 2. The van der Waals surface area contributed by atoms with Gasteiger partial charge in [0, 0.05) is 24.3 Å². The van der Waals surface area contributed by atoms with Gasteiger partial charge in [-0.25, -0.2) is 0 Å². The fraction of sp³-hybridized carbons (Fsp3) is 0.238. The van der Waals surface area contributed by atoms with Crippen molar-refractivity contribution in [2.24, 2.45) is 5.92 Å². The molecule has 2 amide bonds. The summed E-state index contributed by atoms with van der Waals surface area (Å²) < 4.78 is 5.07. The van der Waals surface area contributed by atoms with Crippen molar-refractivity contribution in [1.82, 2.24) is 0 Å². The quantitative estimate of drug-likeness (QED) is 0.762. The van der Waals surface area contributed by atoms with Crippen LogP contribution < -0.4 is 10.2 Å². The molecule has 1 fully saturated rings. The first-order valence-electron chi connectivity index (χ1n) is 8.90. The molecule has 3 rings (SSSR count). The van der Waals surface area contributed by atoms with E-state index in [1.807, 2.05) is 37.3 Å². The van der Waals surface area contributed by atoms with E-state index in [2.05, 4.69) is 5.32 Å². The van der Waals surface area contributed by atoms with E-state index in [0.717, 1.165) is 11.3 Å². The molecule has 0 spiro atoms. The molecule has 29 heavy (non-hydrogen) atoms. The van der Waals surface area contributed by atoms with Gasteiger partial charge in [-0.05, 0) is 37.3 Å². The Hall–Kier alpha value is -3.37. The van der Waals surface area contributed by atoms with Gasteiger partial charge in [-0.2, -0.15) is 5.26 Å². The zero-order chi connectivity index (χ0) is 21.0. The van der Waals surface area contributed by atoms with Crippen molar-refractivity contribution >= 4 is 40.8 Å². The lowest BCUT2D eigenvalue weighted by Gasteiger charge is -2.16. The van der Waals surface area contributed by atoms with Crippen LogP contribution in [0.25, 0.3) is 0 Å². The number of halogens is 1. The lowest BCUT2D eigenvalue weighted by molar-refractivity contribution is -0.151. The third-order valence-electron chi connectivity index (χ3n) is 4.52. The van der Waals surface area contributed by atoms with Crippen LogP contribution in [0.2, 0.25) is 5.02 Å². The largest absolute Gasteiger partial charge is 0.455 e. The summed E-state index contributed by atoms with van der Waals surface area (Å²) in [4.78, 5) is 38.1. The third kappa shape index (κ3) is 4.92. The monoisotopic (exact) mass is 411 g/mol. The second-order valence-electron chi connectivity index (χ2n) is 6.70. The highest BCUT2D eigenvalue weighted by Gasteiger charge is 2.36. The number of carbonyl (C=O) groups is 3. The van der Waals surface area contributed by atoms with Gasteiger partial charge in [0.1, 0.15) is 6.07 Å². The maximum Gasteiger partial charge on any atom is 0.311 e. The summed E-state index contributed by atoms with van der Waals surface area (Å²) in [5.74, 6) is -1.92. The zero-order valence-electron chi connectivity index (χ0n) is 15.6. The van der Waals surface area contributed by atoms with Crippen molar-refractivity contribution in [1.29, 1.82) is 5.26 Å². The van der Waals surface area contributed by atoms with E-state index in [1.165, 1.54) is 18.2 Å². The highest BCUT2D eigenvalue weighted by atomic mass is 35.5. The SMILES string of the molecule is Cc1ccc(N2CC(C(=O)OCC(=O)Nc3ccc(C#N)c(Cl)c3)CC2=O)cc1. The molecule has 8 heteroatoms. The summed E-state index contributed by atoms with van der Waals surface area (Å²) >= 11 is 5.92. The fourth-order valence-electron chi connectivity index (χ4n) is 2.97. The lowest BCUT2D eigenvalue weighted by Crippen LogP contribution is -2.28. The summed E-state index contributed by atoms with van der Waals surface area (Å²) in [6.07, 6.45) is 0.0412. The summed E-state index contributed by atoms with van der Waals surface area (Å²) in [5, 5.41) is 11.6. The molecule has 0 saturated carbocycles. The molecule has 148 valence electrons. The van der Waals surface area contributed by atoms with Crippen LogP contribution in [0.1, 0.15) is 17.5 Å². The number of esters is 1. The number of nitrogens with one attached hydrogen (secondary N) is 1. The first-order chi connectivity index (χ1) is 13.9. The topological polar surface area (TPSA) is 99.5 Å². The summed E-state index contributed by atoms with van der Waals surface area (Å²) in [5.41, 5.74) is 2.48. The van der Waals surface area contributed by atoms with Crippen molar-refractivity contribution in [3.63, 3.8) is 0 Å². The van der Waals surface area contributed by atoms with Crippen molar-refractivity contribution in [3.05, 3.63) is 58.6 Å². The molecule has 1 N–H and O–H groups in total. The van der Waals surface area contributed by atoms with E-state index in [4.69, 9.17) is 21.6 Å². The molecule has 7 nitrogen and oxygen atoms in total. The Morgan fingerprint density at radius 3 is 2.66 bits per heavy atom. The second kappa shape index (κ2) is 8.76. The van der Waals surface area contributed by atoms with Crippen molar-refractivity contribution in [2.45, 2.75) is 13.3 Å². The molecule has 1 saturated heterocycles. The molecule has 1 heterocycles. The summed E-state index contributed by atoms with van der Waals surface area (Å²) in [7, 11) is 0. The Kier molecular flexibility index (Phi) is 6.15. The molecule has 1 aliphatic rings. The number of rotatable bonds is 5. The molecule has 0 bridgehead atoms. The minimum atomic E-state index is -0.624. The van der Waals surface area contributed by atoms with Gasteiger partial charge >= 0.3 is 5.97 Å². The number of amides is 2. The normalized spacial score (nSPS) is 15.7. The number of nitriles is 1.